The molecule has 0 saturated carbocycles. The smallest absolute Gasteiger partial charge is 0.414 e. The summed E-state index contributed by atoms with van der Waals surface area (Å²) in [5.41, 5.74) is 1.82. The van der Waals surface area contributed by atoms with Crippen molar-refractivity contribution in [1.82, 2.24) is 4.90 Å². The number of aromatic nitrogens is 1. The molecule has 14 heteroatoms. The fraction of sp³-hybridized carbons (Fsp3) is 0.343. The van der Waals surface area contributed by atoms with Gasteiger partial charge in [-0.3, -0.25) is 9.80 Å². The van der Waals surface area contributed by atoms with E-state index in [9.17, 15) is 24.3 Å². The van der Waals surface area contributed by atoms with Gasteiger partial charge in [-0.05, 0) is 85.8 Å². The molecule has 3 aliphatic heterocycles. The van der Waals surface area contributed by atoms with E-state index >= 15 is 0 Å². The molecule has 7 rings (SSSR count). The second-order valence-corrected chi connectivity index (χ2v) is 14.0. The van der Waals surface area contributed by atoms with Gasteiger partial charge in [-0.1, -0.05) is 35.3 Å². The molecule has 1 N–H and O–H groups in total. The van der Waals surface area contributed by atoms with Gasteiger partial charge in [0.05, 0.1) is 26.5 Å². The van der Waals surface area contributed by atoms with Crippen molar-refractivity contribution in [3.05, 3.63) is 108 Å². The number of hydrogen-bond acceptors (Lipinski definition) is 8. The fourth-order valence-electron chi connectivity index (χ4n) is 6.67. The van der Waals surface area contributed by atoms with E-state index in [1.807, 2.05) is 0 Å². The number of carboxylic acids is 1. The summed E-state index contributed by atoms with van der Waals surface area (Å²) in [6.45, 7) is 2.51. The lowest BCUT2D eigenvalue weighted by Crippen LogP contribution is -2.53. The molecule has 2 atom stereocenters. The Labute approximate surface area is 296 Å². The zero-order valence-electron chi connectivity index (χ0n) is 26.7. The van der Waals surface area contributed by atoms with Crippen LogP contribution < -0.4 is 19.1 Å². The SMILES string of the molecule is COc1ccc([C@H](Cc2c(Cl)c[n+]([O-])cc2Cl)c2cc(CN(C(=O)O[C@H]3CN4CCC3CC4)c3cccc(F)c3)sc2C(=O)O)cc1OC. The molecule has 49 heavy (non-hydrogen) atoms. The molecule has 5 heterocycles. The van der Waals surface area contributed by atoms with Gasteiger partial charge in [0.15, 0.2) is 23.9 Å². The highest BCUT2D eigenvalue weighted by Crippen LogP contribution is 2.41. The summed E-state index contributed by atoms with van der Waals surface area (Å²) in [7, 11) is 3.01. The van der Waals surface area contributed by atoms with Crippen LogP contribution in [0.15, 0.2) is 60.9 Å². The Kier molecular flexibility index (Phi) is 10.5. The van der Waals surface area contributed by atoms with Gasteiger partial charge in [-0.2, -0.15) is 4.73 Å². The molecule has 10 nitrogen and oxygen atoms in total. The van der Waals surface area contributed by atoms with Gasteiger partial charge in [0, 0.05) is 22.9 Å². The quantitative estimate of drug-likeness (QED) is 0.128. The van der Waals surface area contributed by atoms with E-state index < -0.39 is 23.8 Å². The number of halogens is 3. The molecule has 0 unspecified atom stereocenters. The van der Waals surface area contributed by atoms with E-state index in [-0.39, 0.29) is 45.6 Å². The van der Waals surface area contributed by atoms with E-state index in [2.05, 4.69) is 4.90 Å². The van der Waals surface area contributed by atoms with E-state index in [1.54, 1.807) is 30.3 Å². The maximum atomic E-state index is 14.5. The average Bonchev–Trinajstić information content (AvgIpc) is 3.51. The van der Waals surface area contributed by atoms with Crippen molar-refractivity contribution in [2.45, 2.75) is 37.8 Å². The monoisotopic (exact) mass is 729 g/mol. The van der Waals surface area contributed by atoms with Gasteiger partial charge in [0.1, 0.15) is 26.8 Å². The number of amides is 1. The minimum Gasteiger partial charge on any atom is -0.619 e. The lowest BCUT2D eigenvalue weighted by atomic mass is 9.85. The maximum Gasteiger partial charge on any atom is 0.414 e. The number of benzene rings is 2. The number of methoxy groups -OCH3 is 2. The molecule has 3 aliphatic rings. The molecule has 0 aliphatic carbocycles. The lowest BCUT2D eigenvalue weighted by Gasteiger charge is -2.44. The number of aromatic carboxylic acids is 1. The van der Waals surface area contributed by atoms with E-state index in [4.69, 9.17) is 37.4 Å². The van der Waals surface area contributed by atoms with E-state index in [0.29, 0.717) is 44.3 Å². The molecule has 2 bridgehead atoms. The molecular weight excluding hydrogens is 696 g/mol. The summed E-state index contributed by atoms with van der Waals surface area (Å²) >= 11 is 14.0. The number of piperidine rings is 3. The van der Waals surface area contributed by atoms with Gasteiger partial charge < -0.3 is 24.5 Å². The van der Waals surface area contributed by atoms with Gasteiger partial charge in [0.25, 0.3) is 0 Å². The summed E-state index contributed by atoms with van der Waals surface area (Å²) < 4.78 is 32.0. The number of thiophene rings is 1. The molecule has 3 saturated heterocycles. The number of hydrogen-bond donors (Lipinski definition) is 1. The molecule has 0 spiro atoms. The molecule has 258 valence electrons. The van der Waals surface area contributed by atoms with Gasteiger partial charge in [-0.15, -0.1) is 11.3 Å². The fourth-order valence-corrected chi connectivity index (χ4v) is 8.31. The van der Waals surface area contributed by atoms with Crippen molar-refractivity contribution in [2.24, 2.45) is 5.92 Å². The van der Waals surface area contributed by atoms with E-state index in [1.165, 1.54) is 49.7 Å². The van der Waals surface area contributed by atoms with Gasteiger partial charge >= 0.3 is 12.1 Å². The summed E-state index contributed by atoms with van der Waals surface area (Å²) in [5.74, 6) is -1.19. The topological polar surface area (TPSA) is 115 Å². The van der Waals surface area contributed by atoms with Crippen LogP contribution >= 0.6 is 34.5 Å². The predicted octanol–water partition coefficient (Wildman–Crippen LogP) is 7.15. The first kappa shape index (κ1) is 34.8. The Bertz CT molecular complexity index is 1840. The van der Waals surface area contributed by atoms with Crippen molar-refractivity contribution in [2.75, 3.05) is 38.8 Å². The molecule has 0 radical (unpaired) electrons. The Balaban J connectivity index is 1.40. The molecule has 4 aromatic rings. The number of nitrogens with zero attached hydrogens (tertiary/aromatic N) is 3. The number of ether oxygens (including phenoxy) is 3. The molecule has 2 aromatic heterocycles. The highest BCUT2D eigenvalue weighted by Gasteiger charge is 2.38. The number of fused-ring (bicyclic) bond motifs is 3. The zero-order valence-corrected chi connectivity index (χ0v) is 29.1. The van der Waals surface area contributed by atoms with Crippen LogP contribution in [0.4, 0.5) is 14.9 Å². The number of pyridine rings is 1. The van der Waals surface area contributed by atoms with Crippen LogP contribution in [0.2, 0.25) is 10.0 Å². The predicted molar refractivity (Wildman–Crippen MR) is 184 cm³/mol. The first-order valence-corrected chi connectivity index (χ1v) is 17.2. The average molecular weight is 731 g/mol. The minimum absolute atomic E-state index is 0.0294. The van der Waals surface area contributed by atoms with Crippen LogP contribution in [0.25, 0.3) is 0 Å². The third-order valence-electron chi connectivity index (χ3n) is 9.16. The van der Waals surface area contributed by atoms with E-state index in [0.717, 1.165) is 37.3 Å². The Morgan fingerprint density at radius 1 is 1.08 bits per heavy atom. The van der Waals surface area contributed by atoms with Crippen molar-refractivity contribution in [1.29, 1.82) is 0 Å². The second-order valence-electron chi connectivity index (χ2n) is 12.1. The van der Waals surface area contributed by atoms with Crippen molar-refractivity contribution >= 4 is 52.3 Å². The largest absolute Gasteiger partial charge is 0.619 e. The Morgan fingerprint density at radius 2 is 1.80 bits per heavy atom. The van der Waals surface area contributed by atoms with Gasteiger partial charge in [0.2, 0.25) is 0 Å². The number of carbonyl (C=O) groups excluding carboxylic acids is 1. The van der Waals surface area contributed by atoms with Crippen LogP contribution in [0.3, 0.4) is 0 Å². The highest BCUT2D eigenvalue weighted by molar-refractivity contribution is 7.14. The second kappa shape index (κ2) is 14.8. The molecule has 3 fully saturated rings. The lowest BCUT2D eigenvalue weighted by molar-refractivity contribution is -0.605. The van der Waals surface area contributed by atoms with Gasteiger partial charge in [-0.25, -0.2) is 14.0 Å². The molecule has 2 aromatic carbocycles. The maximum absolute atomic E-state index is 14.5. The van der Waals surface area contributed by atoms with Crippen molar-refractivity contribution in [3.8, 4) is 11.5 Å². The Hall–Kier alpha value is -4.10. The minimum atomic E-state index is -1.17. The third kappa shape index (κ3) is 7.57. The Morgan fingerprint density at radius 3 is 2.41 bits per heavy atom. The van der Waals surface area contributed by atoms with Crippen molar-refractivity contribution < 1.29 is 38.0 Å². The summed E-state index contributed by atoms with van der Waals surface area (Å²) in [5, 5.41) is 22.7. The normalized spacial score (nSPS) is 18.9. The standard InChI is InChI=1S/C35H34Cl2FN3O7S/c1-46-30-7-6-21(12-31(30)47-2)25(15-27-28(36)17-40(45)18-29(27)37)26-14-24(49-33(26)34(42)43)16-41(23-5-3-4-22(38)13-23)35(44)48-32-19-39-10-8-20(32)9-11-39/h3-7,12-14,17-18,20,25,32H,8-11,15-16,19H2,1-2H3,(H,42,43)/t25-,32-/m0/s1. The number of carboxylic acid groups (broad SMARTS) is 1. The van der Waals surface area contributed by atoms with Crippen LogP contribution in [-0.4, -0.2) is 62.0 Å². The summed E-state index contributed by atoms with van der Waals surface area (Å²) in [6, 6.07) is 12.6. The van der Waals surface area contributed by atoms with Crippen LogP contribution in [0, 0.1) is 16.9 Å². The van der Waals surface area contributed by atoms with Crippen LogP contribution in [-0.2, 0) is 17.7 Å². The third-order valence-corrected chi connectivity index (χ3v) is 10.9. The molecule has 1 amide bonds. The number of rotatable bonds is 11. The first-order chi connectivity index (χ1) is 23.5. The summed E-state index contributed by atoms with van der Waals surface area (Å²) in [4.78, 5) is 30.8. The number of anilines is 1. The molecular formula is C35H34Cl2FN3O7S. The van der Waals surface area contributed by atoms with Crippen LogP contribution in [0.5, 0.6) is 11.5 Å². The summed E-state index contributed by atoms with van der Waals surface area (Å²) in [6.07, 6.45) is 3.45. The first-order valence-electron chi connectivity index (χ1n) is 15.6. The number of carbonyl (C=O) groups is 2. The highest BCUT2D eigenvalue weighted by atomic mass is 35.5. The zero-order chi connectivity index (χ0) is 34.8. The van der Waals surface area contributed by atoms with Crippen LogP contribution in [0.1, 0.15) is 50.0 Å². The van der Waals surface area contributed by atoms with Crippen molar-refractivity contribution in [3.63, 3.8) is 0 Å².